The van der Waals surface area contributed by atoms with Crippen LogP contribution >= 0.6 is 0 Å². The van der Waals surface area contributed by atoms with E-state index in [1.54, 1.807) is 30.3 Å². The maximum atomic E-state index is 13.2. The van der Waals surface area contributed by atoms with Gasteiger partial charge in [-0.3, -0.25) is 9.59 Å². The van der Waals surface area contributed by atoms with Gasteiger partial charge >= 0.3 is 0 Å². The van der Waals surface area contributed by atoms with Crippen LogP contribution in [0, 0.1) is 5.82 Å². The number of hydrogen-bond acceptors (Lipinski definition) is 6. The van der Waals surface area contributed by atoms with Gasteiger partial charge in [-0.25, -0.2) is 9.07 Å². The minimum atomic E-state index is -0.244. The highest BCUT2D eigenvalue weighted by Gasteiger charge is 2.21. The highest BCUT2D eigenvalue weighted by atomic mass is 19.1. The van der Waals surface area contributed by atoms with Gasteiger partial charge in [-0.05, 0) is 55.3 Å². The Hall–Kier alpha value is -3.62. The van der Waals surface area contributed by atoms with E-state index < -0.39 is 0 Å². The topological polar surface area (TPSA) is 83.6 Å². The number of nitrogens with zero attached hydrogens (tertiary/aromatic N) is 4. The first-order valence-electron chi connectivity index (χ1n) is 11.8. The summed E-state index contributed by atoms with van der Waals surface area (Å²) >= 11 is 0. The maximum Gasteiger partial charge on any atom is 0.287 e. The first-order valence-corrected chi connectivity index (χ1v) is 11.8. The second-order valence-electron chi connectivity index (χ2n) is 8.86. The Balaban J connectivity index is 1.22. The lowest BCUT2D eigenvalue weighted by Crippen LogP contribution is -2.47. The van der Waals surface area contributed by atoms with Crippen LogP contribution in [0.3, 0.4) is 0 Å². The predicted octanol–water partition coefficient (Wildman–Crippen LogP) is 3.02. The standard InChI is InChI=1S/C25H28FN5O3/c26-18-5-7-20(8-6-18)29-13-15-30(16-14-29)23-11-12-24(32)31(28-23)17-21-9-10-22(34-21)25(33)27-19-3-1-2-4-19/h5-12,19H,1-4,13-17H2,(H,27,33). The van der Waals surface area contributed by atoms with Gasteiger partial charge in [0.15, 0.2) is 5.76 Å². The number of carbonyl (C=O) groups excluding carboxylic acids is 1. The summed E-state index contributed by atoms with van der Waals surface area (Å²) in [5.41, 5.74) is 0.756. The molecule has 1 saturated heterocycles. The molecule has 2 aromatic heterocycles. The van der Waals surface area contributed by atoms with Crippen LogP contribution in [0.1, 0.15) is 42.0 Å². The number of halogens is 1. The first-order chi connectivity index (χ1) is 16.5. The Kier molecular flexibility index (Phi) is 6.33. The number of aromatic nitrogens is 2. The van der Waals surface area contributed by atoms with Crippen molar-refractivity contribution in [3.05, 3.63) is 76.2 Å². The summed E-state index contributed by atoms with van der Waals surface area (Å²) in [5.74, 6) is 1.01. The van der Waals surface area contributed by atoms with Crippen LogP contribution in [0.5, 0.6) is 0 Å². The average molecular weight is 466 g/mol. The fourth-order valence-corrected chi connectivity index (χ4v) is 4.62. The minimum Gasteiger partial charge on any atom is -0.454 e. The highest BCUT2D eigenvalue weighted by molar-refractivity contribution is 5.91. The molecule has 34 heavy (non-hydrogen) atoms. The molecule has 0 unspecified atom stereocenters. The number of carbonyl (C=O) groups is 1. The Labute approximate surface area is 197 Å². The van der Waals surface area contributed by atoms with Crippen LogP contribution in [0.25, 0.3) is 0 Å². The summed E-state index contributed by atoms with van der Waals surface area (Å²) in [6, 6.07) is 13.3. The molecular formula is C25H28FN5O3. The van der Waals surface area contributed by atoms with Gasteiger partial charge in [0.25, 0.3) is 11.5 Å². The van der Waals surface area contributed by atoms with E-state index in [0.717, 1.165) is 57.5 Å². The van der Waals surface area contributed by atoms with Gasteiger partial charge in [-0.2, -0.15) is 5.10 Å². The van der Waals surface area contributed by atoms with Crippen molar-refractivity contribution < 1.29 is 13.6 Å². The Morgan fingerprint density at radius 2 is 1.68 bits per heavy atom. The molecular weight excluding hydrogens is 437 g/mol. The Morgan fingerprint density at radius 3 is 2.41 bits per heavy atom. The van der Waals surface area contributed by atoms with E-state index >= 15 is 0 Å². The quantitative estimate of drug-likeness (QED) is 0.603. The zero-order valence-corrected chi connectivity index (χ0v) is 19.0. The van der Waals surface area contributed by atoms with E-state index in [1.807, 2.05) is 0 Å². The molecule has 178 valence electrons. The molecule has 5 rings (SSSR count). The normalized spacial score (nSPS) is 16.7. The van der Waals surface area contributed by atoms with E-state index in [9.17, 15) is 14.0 Å². The van der Waals surface area contributed by atoms with Crippen LogP contribution in [0.4, 0.5) is 15.9 Å². The number of amides is 1. The van der Waals surface area contributed by atoms with Gasteiger partial charge in [0, 0.05) is 44.0 Å². The molecule has 0 atom stereocenters. The molecule has 3 aromatic rings. The first kappa shape index (κ1) is 22.2. The highest BCUT2D eigenvalue weighted by Crippen LogP contribution is 2.20. The lowest BCUT2D eigenvalue weighted by atomic mass is 10.2. The lowest BCUT2D eigenvalue weighted by molar-refractivity contribution is 0.0907. The molecule has 3 heterocycles. The number of rotatable bonds is 6. The molecule has 1 amide bonds. The maximum absolute atomic E-state index is 13.2. The molecule has 1 aliphatic heterocycles. The van der Waals surface area contributed by atoms with Crippen molar-refractivity contribution in [2.75, 3.05) is 36.0 Å². The molecule has 8 nitrogen and oxygen atoms in total. The van der Waals surface area contributed by atoms with Crippen molar-refractivity contribution in [3.63, 3.8) is 0 Å². The zero-order chi connectivity index (χ0) is 23.5. The number of furan rings is 1. The summed E-state index contributed by atoms with van der Waals surface area (Å²) in [6.07, 6.45) is 4.29. The van der Waals surface area contributed by atoms with Crippen molar-refractivity contribution in [2.45, 2.75) is 38.3 Å². The molecule has 0 bridgehead atoms. The van der Waals surface area contributed by atoms with Crippen molar-refractivity contribution in [3.8, 4) is 0 Å². The SMILES string of the molecule is O=C(NC1CCCC1)c1ccc(Cn2nc(N3CCN(c4ccc(F)cc4)CC3)ccc2=O)o1. The van der Waals surface area contributed by atoms with Crippen molar-refractivity contribution in [1.29, 1.82) is 0 Å². The summed E-state index contributed by atoms with van der Waals surface area (Å²) in [7, 11) is 0. The lowest BCUT2D eigenvalue weighted by Gasteiger charge is -2.36. The van der Waals surface area contributed by atoms with Gasteiger partial charge < -0.3 is 19.5 Å². The molecule has 2 fully saturated rings. The number of nitrogens with one attached hydrogen (secondary N) is 1. The molecule has 9 heteroatoms. The molecule has 1 saturated carbocycles. The summed E-state index contributed by atoms with van der Waals surface area (Å²) in [5, 5.41) is 7.55. The number of anilines is 2. The van der Waals surface area contributed by atoms with Crippen LogP contribution in [-0.4, -0.2) is 47.9 Å². The summed E-state index contributed by atoms with van der Waals surface area (Å²) in [6.45, 7) is 3.15. The molecule has 0 spiro atoms. The third kappa shape index (κ3) is 4.98. The van der Waals surface area contributed by atoms with E-state index in [4.69, 9.17) is 4.42 Å². The third-order valence-electron chi connectivity index (χ3n) is 6.53. The summed E-state index contributed by atoms with van der Waals surface area (Å²) < 4.78 is 20.3. The number of hydrogen-bond donors (Lipinski definition) is 1. The van der Waals surface area contributed by atoms with Gasteiger partial charge in [0.1, 0.15) is 23.9 Å². The van der Waals surface area contributed by atoms with Gasteiger partial charge in [-0.1, -0.05) is 12.8 Å². The monoisotopic (exact) mass is 465 g/mol. The molecule has 1 N–H and O–H groups in total. The van der Waals surface area contributed by atoms with Crippen molar-refractivity contribution in [1.82, 2.24) is 15.1 Å². The average Bonchev–Trinajstić information content (AvgIpc) is 3.54. The molecule has 1 aliphatic carbocycles. The summed E-state index contributed by atoms with van der Waals surface area (Å²) in [4.78, 5) is 29.2. The van der Waals surface area contributed by atoms with E-state index in [2.05, 4.69) is 20.2 Å². The number of benzene rings is 1. The smallest absolute Gasteiger partial charge is 0.287 e. The Bertz CT molecular complexity index is 1190. The Morgan fingerprint density at radius 1 is 0.971 bits per heavy atom. The second kappa shape index (κ2) is 9.70. The second-order valence-corrected chi connectivity index (χ2v) is 8.86. The van der Waals surface area contributed by atoms with Gasteiger partial charge in [-0.15, -0.1) is 0 Å². The third-order valence-corrected chi connectivity index (χ3v) is 6.53. The van der Waals surface area contributed by atoms with Crippen molar-refractivity contribution >= 4 is 17.4 Å². The van der Waals surface area contributed by atoms with E-state index in [-0.39, 0.29) is 35.6 Å². The van der Waals surface area contributed by atoms with Gasteiger partial charge in [0.05, 0.1) is 0 Å². The minimum absolute atomic E-state index is 0.152. The number of piperazine rings is 1. The van der Waals surface area contributed by atoms with Crippen LogP contribution in [0.15, 0.2) is 57.7 Å². The van der Waals surface area contributed by atoms with Crippen molar-refractivity contribution in [2.24, 2.45) is 0 Å². The van der Waals surface area contributed by atoms with Crippen LogP contribution < -0.4 is 20.7 Å². The molecule has 0 radical (unpaired) electrons. The zero-order valence-electron chi connectivity index (χ0n) is 19.0. The van der Waals surface area contributed by atoms with Crippen LogP contribution in [0.2, 0.25) is 0 Å². The van der Waals surface area contributed by atoms with Crippen LogP contribution in [-0.2, 0) is 6.54 Å². The van der Waals surface area contributed by atoms with E-state index in [0.29, 0.717) is 11.6 Å². The van der Waals surface area contributed by atoms with E-state index in [1.165, 1.54) is 22.9 Å². The molecule has 2 aliphatic rings. The fourth-order valence-electron chi connectivity index (χ4n) is 4.62. The largest absolute Gasteiger partial charge is 0.454 e. The predicted molar refractivity (Wildman–Crippen MR) is 127 cm³/mol. The fraction of sp³-hybridized carbons (Fsp3) is 0.400. The molecule has 1 aromatic carbocycles. The van der Waals surface area contributed by atoms with Gasteiger partial charge in [0.2, 0.25) is 0 Å².